The Balaban J connectivity index is 3.77. The molecule has 0 radical (unpaired) electrons. The number of hydrogen-bond donors (Lipinski definition) is 3. The highest BCUT2D eigenvalue weighted by molar-refractivity contribution is 7.89. The van der Waals surface area contributed by atoms with E-state index in [1.807, 2.05) is 0 Å². The second kappa shape index (κ2) is 7.59. The van der Waals surface area contributed by atoms with E-state index in [1.165, 1.54) is 0 Å². The van der Waals surface area contributed by atoms with Gasteiger partial charge in [-0.05, 0) is 26.8 Å². The Kier molecular flexibility index (Phi) is 7.27. The Bertz CT molecular complexity index is 301. The number of nitrogens with two attached hydrogens (primary N) is 1. The number of rotatable bonds is 8. The minimum absolute atomic E-state index is 0.0977. The SMILES string of the molecule is CC(C)NS(=O)(=O)CCNC(=O)CCCN. The maximum atomic E-state index is 11.4. The number of hydrogen-bond acceptors (Lipinski definition) is 4. The fourth-order valence-corrected chi connectivity index (χ4v) is 2.30. The van der Waals surface area contributed by atoms with Gasteiger partial charge < -0.3 is 11.1 Å². The third-order valence-corrected chi connectivity index (χ3v) is 3.29. The normalized spacial score (nSPS) is 11.8. The van der Waals surface area contributed by atoms with Crippen LogP contribution in [0.5, 0.6) is 0 Å². The van der Waals surface area contributed by atoms with Gasteiger partial charge >= 0.3 is 0 Å². The van der Waals surface area contributed by atoms with E-state index in [-0.39, 0.29) is 24.2 Å². The van der Waals surface area contributed by atoms with Crippen LogP contribution in [-0.2, 0) is 14.8 Å². The molecule has 16 heavy (non-hydrogen) atoms. The van der Waals surface area contributed by atoms with E-state index in [1.54, 1.807) is 13.8 Å². The van der Waals surface area contributed by atoms with Gasteiger partial charge in [-0.3, -0.25) is 4.79 Å². The highest BCUT2D eigenvalue weighted by Crippen LogP contribution is 1.89. The molecule has 4 N–H and O–H groups in total. The molecule has 0 spiro atoms. The number of nitrogens with one attached hydrogen (secondary N) is 2. The first-order chi connectivity index (χ1) is 7.37. The van der Waals surface area contributed by atoms with E-state index in [4.69, 9.17) is 5.73 Å². The zero-order chi connectivity index (χ0) is 12.6. The van der Waals surface area contributed by atoms with Gasteiger partial charge in [0.05, 0.1) is 5.75 Å². The molecule has 0 fully saturated rings. The van der Waals surface area contributed by atoms with Crippen LogP contribution in [0.2, 0.25) is 0 Å². The predicted octanol–water partition coefficient (Wildman–Crippen LogP) is -0.831. The van der Waals surface area contributed by atoms with Gasteiger partial charge in [0, 0.05) is 19.0 Å². The van der Waals surface area contributed by atoms with Crippen molar-refractivity contribution in [1.29, 1.82) is 0 Å². The number of amides is 1. The lowest BCUT2D eigenvalue weighted by Crippen LogP contribution is -2.37. The largest absolute Gasteiger partial charge is 0.355 e. The fraction of sp³-hybridized carbons (Fsp3) is 0.889. The molecule has 0 saturated heterocycles. The van der Waals surface area contributed by atoms with Gasteiger partial charge in [0.2, 0.25) is 15.9 Å². The standard InChI is InChI=1S/C9H21N3O3S/c1-8(2)12-16(14,15)7-6-11-9(13)4-3-5-10/h8,12H,3-7,10H2,1-2H3,(H,11,13). The van der Waals surface area contributed by atoms with E-state index >= 15 is 0 Å². The minimum atomic E-state index is -3.29. The van der Waals surface area contributed by atoms with Crippen LogP contribution in [0, 0.1) is 0 Å². The first-order valence-corrected chi connectivity index (χ1v) is 6.99. The summed E-state index contributed by atoms with van der Waals surface area (Å²) < 4.78 is 25.1. The fourth-order valence-electron chi connectivity index (χ4n) is 1.09. The van der Waals surface area contributed by atoms with Crippen LogP contribution in [0.3, 0.4) is 0 Å². The Labute approximate surface area is 97.0 Å². The molecule has 0 aliphatic heterocycles. The molecule has 6 nitrogen and oxygen atoms in total. The van der Waals surface area contributed by atoms with Crippen molar-refractivity contribution in [3.63, 3.8) is 0 Å². The first-order valence-electron chi connectivity index (χ1n) is 5.34. The quantitative estimate of drug-likeness (QED) is 0.524. The van der Waals surface area contributed by atoms with Crippen LogP contribution < -0.4 is 15.8 Å². The third-order valence-electron chi connectivity index (χ3n) is 1.72. The molecular formula is C9H21N3O3S. The second-order valence-electron chi connectivity index (χ2n) is 3.83. The molecule has 0 saturated carbocycles. The lowest BCUT2D eigenvalue weighted by atomic mass is 10.3. The Morgan fingerprint density at radius 1 is 1.38 bits per heavy atom. The average molecular weight is 251 g/mol. The molecule has 0 bridgehead atoms. The highest BCUT2D eigenvalue weighted by atomic mass is 32.2. The summed E-state index contributed by atoms with van der Waals surface area (Å²) in [5.74, 6) is -0.260. The average Bonchev–Trinajstić information content (AvgIpc) is 2.12. The molecule has 0 aliphatic carbocycles. The molecule has 7 heteroatoms. The second-order valence-corrected chi connectivity index (χ2v) is 5.71. The number of carbonyl (C=O) groups is 1. The van der Waals surface area contributed by atoms with Crippen molar-refractivity contribution in [1.82, 2.24) is 10.0 Å². The van der Waals surface area contributed by atoms with Crippen molar-refractivity contribution in [2.24, 2.45) is 5.73 Å². The van der Waals surface area contributed by atoms with Crippen molar-refractivity contribution in [2.45, 2.75) is 32.7 Å². The van der Waals surface area contributed by atoms with Crippen LogP contribution in [0.25, 0.3) is 0 Å². The summed E-state index contributed by atoms with van der Waals surface area (Å²) in [6, 6.07) is -0.127. The van der Waals surface area contributed by atoms with E-state index in [2.05, 4.69) is 10.0 Å². The number of carbonyl (C=O) groups excluding carboxylic acids is 1. The molecular weight excluding hydrogens is 230 g/mol. The zero-order valence-electron chi connectivity index (χ0n) is 9.82. The zero-order valence-corrected chi connectivity index (χ0v) is 10.6. The van der Waals surface area contributed by atoms with Crippen LogP contribution in [0.4, 0.5) is 0 Å². The van der Waals surface area contributed by atoms with Crippen molar-refractivity contribution in [3.05, 3.63) is 0 Å². The molecule has 0 aromatic heterocycles. The van der Waals surface area contributed by atoms with Gasteiger partial charge in [0.1, 0.15) is 0 Å². The maximum absolute atomic E-state index is 11.4. The van der Waals surface area contributed by atoms with Gasteiger partial charge in [-0.25, -0.2) is 13.1 Å². The smallest absolute Gasteiger partial charge is 0.220 e. The summed E-state index contributed by atoms with van der Waals surface area (Å²) >= 11 is 0. The van der Waals surface area contributed by atoms with E-state index in [0.717, 1.165) is 0 Å². The Morgan fingerprint density at radius 2 is 2.00 bits per heavy atom. The lowest BCUT2D eigenvalue weighted by Gasteiger charge is -2.09. The molecule has 0 rings (SSSR count). The summed E-state index contributed by atoms with van der Waals surface area (Å²) in [7, 11) is -3.29. The third kappa shape index (κ3) is 8.63. The predicted molar refractivity (Wildman–Crippen MR) is 63.4 cm³/mol. The van der Waals surface area contributed by atoms with E-state index < -0.39 is 10.0 Å². The highest BCUT2D eigenvalue weighted by Gasteiger charge is 2.11. The molecule has 96 valence electrons. The van der Waals surface area contributed by atoms with E-state index in [0.29, 0.717) is 19.4 Å². The summed E-state index contributed by atoms with van der Waals surface area (Å²) in [6.45, 7) is 4.08. The van der Waals surface area contributed by atoms with Crippen LogP contribution in [-0.4, -0.2) is 39.2 Å². The van der Waals surface area contributed by atoms with Crippen LogP contribution in [0.15, 0.2) is 0 Å². The lowest BCUT2D eigenvalue weighted by molar-refractivity contribution is -0.121. The van der Waals surface area contributed by atoms with Crippen molar-refractivity contribution < 1.29 is 13.2 Å². The van der Waals surface area contributed by atoms with Crippen molar-refractivity contribution >= 4 is 15.9 Å². The maximum Gasteiger partial charge on any atom is 0.220 e. The Morgan fingerprint density at radius 3 is 2.50 bits per heavy atom. The van der Waals surface area contributed by atoms with Gasteiger partial charge in [0.15, 0.2) is 0 Å². The number of sulfonamides is 1. The minimum Gasteiger partial charge on any atom is -0.355 e. The first kappa shape index (κ1) is 15.3. The molecule has 0 unspecified atom stereocenters. The van der Waals surface area contributed by atoms with Crippen LogP contribution >= 0.6 is 0 Å². The summed E-state index contributed by atoms with van der Waals surface area (Å²) in [5, 5.41) is 2.53. The molecule has 0 aromatic carbocycles. The monoisotopic (exact) mass is 251 g/mol. The van der Waals surface area contributed by atoms with Gasteiger partial charge in [0.25, 0.3) is 0 Å². The van der Waals surface area contributed by atoms with Gasteiger partial charge in [-0.2, -0.15) is 0 Å². The molecule has 0 heterocycles. The molecule has 0 atom stereocenters. The van der Waals surface area contributed by atoms with Crippen molar-refractivity contribution in [3.8, 4) is 0 Å². The summed E-state index contributed by atoms with van der Waals surface area (Å²) in [6.07, 6.45) is 0.955. The Hall–Kier alpha value is -0.660. The molecule has 0 aromatic rings. The van der Waals surface area contributed by atoms with Gasteiger partial charge in [-0.1, -0.05) is 0 Å². The molecule has 0 aliphatic rings. The van der Waals surface area contributed by atoms with E-state index in [9.17, 15) is 13.2 Å². The summed E-state index contributed by atoms with van der Waals surface area (Å²) in [5.41, 5.74) is 5.24. The summed E-state index contributed by atoms with van der Waals surface area (Å²) in [4.78, 5) is 11.1. The topological polar surface area (TPSA) is 101 Å². The van der Waals surface area contributed by atoms with Crippen LogP contribution in [0.1, 0.15) is 26.7 Å². The van der Waals surface area contributed by atoms with Gasteiger partial charge in [-0.15, -0.1) is 0 Å². The van der Waals surface area contributed by atoms with Crippen molar-refractivity contribution in [2.75, 3.05) is 18.8 Å². The molecule has 1 amide bonds.